The van der Waals surface area contributed by atoms with Gasteiger partial charge in [0.1, 0.15) is 24.5 Å². The van der Waals surface area contributed by atoms with Crippen LogP contribution in [-0.4, -0.2) is 21.1 Å². The quantitative estimate of drug-likeness (QED) is 0.178. The number of nitrogens with zero attached hydrogens (tertiary/aromatic N) is 3. The van der Waals surface area contributed by atoms with Gasteiger partial charge in [0, 0.05) is 27.8 Å². The van der Waals surface area contributed by atoms with Crippen molar-refractivity contribution in [3.8, 4) is 28.4 Å². The van der Waals surface area contributed by atoms with Crippen LogP contribution in [0.5, 0.6) is 11.6 Å². The molecule has 5 aromatic rings. The van der Waals surface area contributed by atoms with Crippen LogP contribution in [0.1, 0.15) is 27.0 Å². The van der Waals surface area contributed by atoms with E-state index in [0.29, 0.717) is 28.4 Å². The van der Waals surface area contributed by atoms with E-state index in [4.69, 9.17) is 0 Å². The van der Waals surface area contributed by atoms with Crippen LogP contribution in [0.15, 0.2) is 83.0 Å². The molecular weight excluding hydrogens is 488 g/mol. The molecule has 5 rings (SSSR count). The molecule has 0 fully saturated rings. The summed E-state index contributed by atoms with van der Waals surface area (Å²) >= 11 is 0. The monoisotopic (exact) mass is 511 g/mol. The second kappa shape index (κ2) is 9.89. The van der Waals surface area contributed by atoms with Crippen molar-refractivity contribution >= 4 is 28.6 Å². The zero-order valence-electron chi connectivity index (χ0n) is 20.6. The lowest BCUT2D eigenvalue weighted by Gasteiger charge is -2.10. The van der Waals surface area contributed by atoms with E-state index in [2.05, 4.69) is 10.2 Å². The number of alkyl halides is 1. The maximum Gasteiger partial charge on any atom is 0.225 e. The lowest BCUT2D eigenvalue weighted by atomic mass is 10.0. The molecule has 0 saturated heterocycles. The highest BCUT2D eigenvalue weighted by Gasteiger charge is 2.20. The minimum Gasteiger partial charge on any atom is -0.505 e. The zero-order valence-corrected chi connectivity index (χ0v) is 20.6. The van der Waals surface area contributed by atoms with Crippen molar-refractivity contribution in [1.29, 1.82) is 0 Å². The molecule has 1 heterocycles. The van der Waals surface area contributed by atoms with Crippen LogP contribution < -0.4 is 0 Å². The largest absolute Gasteiger partial charge is 0.505 e. The Morgan fingerprint density at radius 2 is 1.71 bits per heavy atom. The van der Waals surface area contributed by atoms with Gasteiger partial charge in [0.05, 0.1) is 5.52 Å². The molecule has 0 bridgehead atoms. The summed E-state index contributed by atoms with van der Waals surface area (Å²) in [5.41, 5.74) is 4.34. The molecule has 0 radical (unpaired) electrons. The third-order valence-corrected chi connectivity index (χ3v) is 6.57. The lowest BCUT2D eigenvalue weighted by Crippen LogP contribution is -1.95. The average Bonchev–Trinajstić information content (AvgIpc) is 3.20. The van der Waals surface area contributed by atoms with Crippen LogP contribution in [0, 0.1) is 19.7 Å². The van der Waals surface area contributed by atoms with Gasteiger partial charge in [0.15, 0.2) is 11.4 Å². The number of para-hydroxylation sites is 1. The predicted octanol–water partition coefficient (Wildman–Crippen LogP) is 8.16. The topological polar surface area (TPSA) is 87.2 Å². The number of hydrogen-bond donors (Lipinski definition) is 2. The van der Waals surface area contributed by atoms with Gasteiger partial charge >= 0.3 is 0 Å². The maximum atomic E-state index is 14.5. The van der Waals surface area contributed by atoms with Gasteiger partial charge in [-0.15, -0.1) is 10.2 Å². The zero-order chi connectivity index (χ0) is 27.0. The number of aromatic nitrogens is 1. The normalized spacial score (nSPS) is 11.5. The van der Waals surface area contributed by atoms with E-state index in [1.54, 1.807) is 28.8 Å². The van der Waals surface area contributed by atoms with Crippen molar-refractivity contribution < 1.29 is 23.8 Å². The van der Waals surface area contributed by atoms with E-state index in [0.717, 1.165) is 17.2 Å². The number of rotatable bonds is 6. The first-order valence-corrected chi connectivity index (χ1v) is 11.8. The highest BCUT2D eigenvalue weighted by Crippen LogP contribution is 2.44. The Bertz CT molecular complexity index is 1740. The summed E-state index contributed by atoms with van der Waals surface area (Å²) in [6.07, 6.45) is 0.589. The van der Waals surface area contributed by atoms with Crippen LogP contribution in [0.3, 0.4) is 0 Å². The fourth-order valence-electron chi connectivity index (χ4n) is 4.37. The number of hydrogen-bond acceptors (Lipinski definition) is 5. The smallest absolute Gasteiger partial charge is 0.225 e. The van der Waals surface area contributed by atoms with Gasteiger partial charge in [0.25, 0.3) is 0 Å². The number of aldehydes is 1. The molecule has 0 unspecified atom stereocenters. The van der Waals surface area contributed by atoms with Crippen LogP contribution >= 0.6 is 0 Å². The SMILES string of the molecule is Cc1ccc(-n2c(O)c(N=Nc3cccc(-c4cc(C=O)ccc4F)c3O)c3ccc(CF)cc32)cc1C. The summed E-state index contributed by atoms with van der Waals surface area (Å²) in [6, 6.07) is 19.0. The number of carbonyl (C=O) groups excluding carboxylic acids is 1. The summed E-state index contributed by atoms with van der Waals surface area (Å²) in [4.78, 5) is 11.2. The summed E-state index contributed by atoms with van der Waals surface area (Å²) in [6.45, 7) is 3.27. The molecule has 38 heavy (non-hydrogen) atoms. The van der Waals surface area contributed by atoms with Gasteiger partial charge in [-0.2, -0.15) is 0 Å². The van der Waals surface area contributed by atoms with Crippen LogP contribution in [0.25, 0.3) is 27.7 Å². The van der Waals surface area contributed by atoms with Crippen LogP contribution in [-0.2, 0) is 6.67 Å². The van der Waals surface area contributed by atoms with Crippen molar-refractivity contribution in [2.45, 2.75) is 20.5 Å². The molecule has 0 aliphatic rings. The Hall–Kier alpha value is -4.85. The van der Waals surface area contributed by atoms with Crippen molar-refractivity contribution in [1.82, 2.24) is 4.57 Å². The van der Waals surface area contributed by atoms with E-state index >= 15 is 0 Å². The Morgan fingerprint density at radius 3 is 2.45 bits per heavy atom. The van der Waals surface area contributed by atoms with E-state index < -0.39 is 12.5 Å². The minimum absolute atomic E-state index is 0.0327. The van der Waals surface area contributed by atoms with Crippen LogP contribution in [0.2, 0.25) is 0 Å². The lowest BCUT2D eigenvalue weighted by molar-refractivity contribution is 0.112. The number of phenols is 1. The van der Waals surface area contributed by atoms with Crippen molar-refractivity contribution in [3.63, 3.8) is 0 Å². The fraction of sp³-hybridized carbons (Fsp3) is 0.100. The van der Waals surface area contributed by atoms with E-state index in [-0.39, 0.29) is 39.7 Å². The number of fused-ring (bicyclic) bond motifs is 1. The number of aryl methyl sites for hydroxylation is 2. The first kappa shape index (κ1) is 24.8. The Labute approximate surface area is 217 Å². The van der Waals surface area contributed by atoms with Crippen molar-refractivity contribution in [2.75, 3.05) is 0 Å². The molecular formula is C30H23F2N3O3. The van der Waals surface area contributed by atoms with Gasteiger partial charge in [-0.3, -0.25) is 9.36 Å². The predicted molar refractivity (Wildman–Crippen MR) is 142 cm³/mol. The van der Waals surface area contributed by atoms with Gasteiger partial charge in [0.2, 0.25) is 5.88 Å². The minimum atomic E-state index is -0.672. The summed E-state index contributed by atoms with van der Waals surface area (Å²) in [7, 11) is 0. The third kappa shape index (κ3) is 4.30. The summed E-state index contributed by atoms with van der Waals surface area (Å²) in [5.74, 6) is -1.16. The Balaban J connectivity index is 1.65. The fourth-order valence-corrected chi connectivity index (χ4v) is 4.37. The maximum absolute atomic E-state index is 14.5. The molecule has 0 spiro atoms. The van der Waals surface area contributed by atoms with Gasteiger partial charge in [-0.25, -0.2) is 8.78 Å². The molecule has 0 aliphatic heterocycles. The number of carbonyl (C=O) groups is 1. The highest BCUT2D eigenvalue weighted by atomic mass is 19.1. The molecule has 6 nitrogen and oxygen atoms in total. The molecule has 0 aliphatic carbocycles. The van der Waals surface area contributed by atoms with Gasteiger partial charge in [-0.1, -0.05) is 30.3 Å². The first-order chi connectivity index (χ1) is 18.3. The summed E-state index contributed by atoms with van der Waals surface area (Å²) < 4.78 is 29.6. The molecule has 4 aromatic carbocycles. The van der Waals surface area contributed by atoms with Gasteiger partial charge < -0.3 is 10.2 Å². The standard InChI is InChI=1S/C30H23F2N3O3/c1-17-6-9-21(12-18(17)2)35-27-14-19(15-31)7-10-23(27)28(30(35)38)34-33-26-5-3-4-22(29(26)37)24-13-20(16-36)8-11-25(24)32/h3-14,16,37-38H,15H2,1-2H3. The molecule has 1 aromatic heterocycles. The number of halogens is 2. The number of aromatic hydroxyl groups is 2. The van der Waals surface area contributed by atoms with E-state index in [1.165, 1.54) is 24.3 Å². The van der Waals surface area contributed by atoms with Crippen molar-refractivity contribution in [3.05, 3.63) is 101 Å². The third-order valence-electron chi connectivity index (χ3n) is 6.57. The molecule has 0 amide bonds. The average molecular weight is 512 g/mol. The molecule has 190 valence electrons. The molecule has 8 heteroatoms. The van der Waals surface area contributed by atoms with E-state index in [9.17, 15) is 23.8 Å². The van der Waals surface area contributed by atoms with Crippen molar-refractivity contribution in [2.24, 2.45) is 10.2 Å². The first-order valence-electron chi connectivity index (χ1n) is 11.8. The Morgan fingerprint density at radius 1 is 0.895 bits per heavy atom. The number of phenolic OH excluding ortho intramolecular Hbond substituents is 1. The van der Waals surface area contributed by atoms with Crippen LogP contribution in [0.4, 0.5) is 20.2 Å². The van der Waals surface area contributed by atoms with Gasteiger partial charge in [-0.05, 0) is 73.0 Å². The highest BCUT2D eigenvalue weighted by molar-refractivity contribution is 5.97. The number of azo groups is 1. The second-order valence-corrected chi connectivity index (χ2v) is 8.99. The molecule has 0 atom stereocenters. The summed E-state index contributed by atoms with van der Waals surface area (Å²) in [5, 5.41) is 31.1. The number of benzene rings is 4. The molecule has 0 saturated carbocycles. The second-order valence-electron chi connectivity index (χ2n) is 8.99. The molecule has 2 N–H and O–H groups in total. The van der Waals surface area contributed by atoms with E-state index in [1.807, 2.05) is 32.0 Å². The Kier molecular flexibility index (Phi) is 6.46.